The number of rotatable bonds is 2. The largest absolute Gasteiger partial charge is 0.311 e. The Hall–Kier alpha value is -6.04. The first-order chi connectivity index (χ1) is 32.6. The zero-order chi connectivity index (χ0) is 48.1. The Labute approximate surface area is 413 Å². The van der Waals surface area contributed by atoms with Crippen LogP contribution >= 0.6 is 11.3 Å². The summed E-state index contributed by atoms with van der Waals surface area (Å²) in [6.45, 7) is 31.0. The minimum atomic E-state index is -0.0449. The Morgan fingerprint density at radius 2 is 1.03 bits per heavy atom. The highest BCUT2D eigenvalue weighted by Gasteiger charge is 2.49. The molecule has 0 unspecified atom stereocenters. The van der Waals surface area contributed by atoms with Gasteiger partial charge in [0.1, 0.15) is 0 Å². The zero-order valence-corrected chi connectivity index (χ0v) is 43.7. The summed E-state index contributed by atoms with van der Waals surface area (Å²) >= 11 is 2.03. The van der Waals surface area contributed by atoms with Gasteiger partial charge < -0.3 is 14.2 Å². The van der Waals surface area contributed by atoms with Crippen LogP contribution in [0.25, 0.3) is 48.2 Å². The highest BCUT2D eigenvalue weighted by Crippen LogP contribution is 2.57. The number of aromatic nitrogens is 1. The van der Waals surface area contributed by atoms with Crippen LogP contribution in [0.3, 0.4) is 0 Å². The topological polar surface area (TPSA) is 10.9 Å². The van der Waals surface area contributed by atoms with Gasteiger partial charge in [-0.3, -0.25) is 0 Å². The predicted molar refractivity (Wildman–Crippen MR) is 302 cm³/mol. The Morgan fingerprint density at radius 1 is 0.493 bits per heavy atom. The lowest BCUT2D eigenvalue weighted by molar-refractivity contribution is 0.332. The average molecular weight is 918 g/mol. The number of nitrogens with zero attached hydrogens (tertiary/aromatic N) is 3. The molecule has 344 valence electrons. The first-order valence-electron chi connectivity index (χ1n) is 25.4. The van der Waals surface area contributed by atoms with Crippen LogP contribution in [0, 0.1) is 0 Å². The van der Waals surface area contributed by atoms with Gasteiger partial charge in [0, 0.05) is 53.5 Å². The highest BCUT2D eigenvalue weighted by molar-refractivity contribution is 7.33. The molecule has 0 fully saturated rings. The molecular formula is C64H64BN3S. The summed E-state index contributed by atoms with van der Waals surface area (Å²) in [6, 6.07) is 50.5. The second-order valence-electron chi connectivity index (χ2n) is 25.3. The van der Waals surface area contributed by atoms with Crippen molar-refractivity contribution in [2.45, 2.75) is 130 Å². The van der Waals surface area contributed by atoms with Crippen LogP contribution < -0.4 is 25.5 Å². The molecule has 0 radical (unpaired) electrons. The number of para-hydroxylation sites is 2. The average Bonchev–Trinajstić information content (AvgIpc) is 3.97. The van der Waals surface area contributed by atoms with E-state index in [0.29, 0.717) is 0 Å². The molecule has 1 aliphatic carbocycles. The third-order valence-corrected chi connectivity index (χ3v) is 18.0. The molecule has 3 nitrogen and oxygen atoms in total. The van der Waals surface area contributed by atoms with Crippen LogP contribution in [0.4, 0.5) is 34.1 Å². The van der Waals surface area contributed by atoms with E-state index in [1.807, 2.05) is 11.3 Å². The molecule has 69 heavy (non-hydrogen) atoms. The number of thiophene rings is 1. The van der Waals surface area contributed by atoms with Crippen molar-refractivity contribution in [3.63, 3.8) is 0 Å². The van der Waals surface area contributed by atoms with E-state index in [0.717, 1.165) is 6.42 Å². The molecule has 0 N–H and O–H groups in total. The lowest BCUT2D eigenvalue weighted by Crippen LogP contribution is -2.60. The fourth-order valence-corrected chi connectivity index (χ4v) is 14.2. The summed E-state index contributed by atoms with van der Waals surface area (Å²) in [7, 11) is 0. The van der Waals surface area contributed by atoms with Crippen molar-refractivity contribution in [2.75, 3.05) is 9.80 Å². The Bertz CT molecular complexity index is 3800. The van der Waals surface area contributed by atoms with Gasteiger partial charge in [-0.1, -0.05) is 169 Å². The Morgan fingerprint density at radius 3 is 1.65 bits per heavy atom. The summed E-state index contributed by atoms with van der Waals surface area (Å²) < 4.78 is 5.39. The first kappa shape index (κ1) is 43.0. The van der Waals surface area contributed by atoms with Crippen LogP contribution in [0.2, 0.25) is 0 Å². The molecule has 13 rings (SSSR count). The van der Waals surface area contributed by atoms with Crippen molar-refractivity contribution in [1.29, 1.82) is 0 Å². The van der Waals surface area contributed by atoms with Crippen LogP contribution in [0.5, 0.6) is 0 Å². The second-order valence-corrected chi connectivity index (χ2v) is 26.4. The smallest absolute Gasteiger partial charge is 0.264 e. The lowest BCUT2D eigenvalue weighted by Gasteiger charge is -2.45. The number of fused-ring (bicyclic) bond motifs is 15. The van der Waals surface area contributed by atoms with E-state index in [-0.39, 0.29) is 33.8 Å². The number of hydrogen-bond donors (Lipinski definition) is 0. The third-order valence-electron chi connectivity index (χ3n) is 16.8. The first-order valence-corrected chi connectivity index (χ1v) is 26.3. The van der Waals surface area contributed by atoms with Crippen molar-refractivity contribution in [3.8, 4) is 0 Å². The Balaban J connectivity index is 1.27. The molecule has 2 aliphatic heterocycles. The summed E-state index contributed by atoms with van der Waals surface area (Å²) in [5.74, 6) is 0. The summed E-state index contributed by atoms with van der Waals surface area (Å²) in [6.07, 6.45) is 2.35. The molecule has 0 saturated heterocycles. The summed E-state index contributed by atoms with van der Waals surface area (Å²) in [5, 5.41) is 6.61. The molecule has 0 spiro atoms. The summed E-state index contributed by atoms with van der Waals surface area (Å²) in [5.41, 5.74) is 21.5. The van der Waals surface area contributed by atoms with Crippen LogP contribution in [-0.2, 0) is 27.1 Å². The Kier molecular flexibility index (Phi) is 8.63. The molecule has 0 amide bonds. The van der Waals surface area contributed by atoms with Gasteiger partial charge in [-0.2, -0.15) is 0 Å². The monoisotopic (exact) mass is 917 g/mol. The summed E-state index contributed by atoms with van der Waals surface area (Å²) in [4.78, 5) is 5.45. The molecule has 0 saturated carbocycles. The lowest BCUT2D eigenvalue weighted by atomic mass is 9.35. The van der Waals surface area contributed by atoms with Gasteiger partial charge in [0.05, 0.1) is 33.6 Å². The molecule has 0 atom stereocenters. The molecule has 5 heteroatoms. The predicted octanol–water partition coefficient (Wildman–Crippen LogP) is 16.4. The van der Waals surface area contributed by atoms with Gasteiger partial charge in [0.15, 0.2) is 0 Å². The van der Waals surface area contributed by atoms with Crippen molar-refractivity contribution in [1.82, 2.24) is 4.40 Å². The SMILES string of the molecule is CC(C)(C)c1ccc(N2c3ccc(C(C)(C)C)cc3B3c4sc5cc(C(C)(C)C)ccc5c4N(c4ccc5c(c4)C(C)(C)CCC5(C)C)c4c3c2c2c3ccccc3n3c5ccccc5c4c23)cc1. The van der Waals surface area contributed by atoms with Gasteiger partial charge in [0.2, 0.25) is 0 Å². The highest BCUT2D eigenvalue weighted by atomic mass is 32.1. The fourth-order valence-electron chi connectivity index (χ4n) is 12.8. The van der Waals surface area contributed by atoms with E-state index in [4.69, 9.17) is 0 Å². The number of benzene rings is 7. The molecule has 5 heterocycles. The van der Waals surface area contributed by atoms with E-state index in [1.165, 1.54) is 132 Å². The van der Waals surface area contributed by atoms with Crippen molar-refractivity contribution >= 4 is 116 Å². The maximum Gasteiger partial charge on any atom is 0.264 e. The number of anilines is 6. The standard InChI is InChI=1S/C64H64BN3S/c1-60(2,3)37-22-26-40(27-23-37)66-50-31-25-38(61(4,5)6)34-47(50)65-54-57(66)52-42-18-14-16-20-48(42)68-49-21-17-15-19-43(49)53(56(52)68)58(54)67(41-28-30-45-46(36-41)64(12,13)33-32-63(45,10)11)55-44-29-24-39(62(7,8)9)35-51(44)69-59(55)65/h14-31,34-36H,32-33H2,1-13H3. The van der Waals surface area contributed by atoms with Gasteiger partial charge in [0.25, 0.3) is 6.71 Å². The van der Waals surface area contributed by atoms with Crippen molar-refractivity contribution in [2.24, 2.45) is 0 Å². The van der Waals surface area contributed by atoms with Crippen LogP contribution in [0.1, 0.15) is 131 Å². The second kappa shape index (κ2) is 13.8. The maximum atomic E-state index is 2.77. The van der Waals surface area contributed by atoms with Crippen molar-refractivity contribution in [3.05, 3.63) is 155 Å². The van der Waals surface area contributed by atoms with Gasteiger partial charge in [-0.25, -0.2) is 0 Å². The molecule has 3 aromatic heterocycles. The molecule has 0 bridgehead atoms. The molecule has 3 aliphatic rings. The maximum absolute atomic E-state index is 2.77. The van der Waals surface area contributed by atoms with E-state index in [9.17, 15) is 0 Å². The van der Waals surface area contributed by atoms with Crippen LogP contribution in [0.15, 0.2) is 127 Å². The molecule has 7 aromatic carbocycles. The minimum Gasteiger partial charge on any atom is -0.311 e. The van der Waals surface area contributed by atoms with Gasteiger partial charge in [-0.05, 0) is 127 Å². The van der Waals surface area contributed by atoms with Gasteiger partial charge >= 0.3 is 0 Å². The van der Waals surface area contributed by atoms with E-state index >= 15 is 0 Å². The molecule has 10 aromatic rings. The van der Waals surface area contributed by atoms with E-state index in [1.54, 1.807) is 0 Å². The third kappa shape index (κ3) is 5.92. The molecular weight excluding hydrogens is 854 g/mol. The van der Waals surface area contributed by atoms with Gasteiger partial charge in [-0.15, -0.1) is 11.3 Å². The van der Waals surface area contributed by atoms with Crippen LogP contribution in [-0.4, -0.2) is 11.1 Å². The minimum absolute atomic E-state index is 0.0114. The normalized spacial score (nSPS) is 16.5. The van der Waals surface area contributed by atoms with E-state index in [2.05, 4.69) is 232 Å². The zero-order valence-electron chi connectivity index (χ0n) is 42.9. The number of hydrogen-bond acceptors (Lipinski definition) is 3. The van der Waals surface area contributed by atoms with Crippen molar-refractivity contribution < 1.29 is 0 Å². The quantitative estimate of drug-likeness (QED) is 0.160. The fraction of sp³-hybridized carbons (Fsp3) is 0.312. The van der Waals surface area contributed by atoms with E-state index < -0.39 is 0 Å².